The van der Waals surface area contributed by atoms with E-state index in [-0.39, 0.29) is 17.6 Å². The van der Waals surface area contributed by atoms with Crippen molar-refractivity contribution in [2.45, 2.75) is 33.2 Å². The molecule has 0 radical (unpaired) electrons. The largest absolute Gasteiger partial charge is 0.352 e. The summed E-state index contributed by atoms with van der Waals surface area (Å²) >= 11 is 12.0. The molecule has 0 bridgehead atoms. The molecule has 7 heteroatoms. The number of carbonyl (C=O) groups excluding carboxylic acids is 1. The van der Waals surface area contributed by atoms with Crippen molar-refractivity contribution in [3.63, 3.8) is 0 Å². The average Bonchev–Trinajstić information content (AvgIpc) is 2.51. The molecule has 1 atom stereocenters. The number of anilines is 2. The first-order valence-electron chi connectivity index (χ1n) is 7.28. The monoisotopic (exact) mass is 352 g/mol. The molecular formula is C16H18Cl2N4O. The number of halogens is 2. The number of hydrogen-bond acceptors (Lipinski definition) is 4. The van der Waals surface area contributed by atoms with Crippen molar-refractivity contribution in [2.75, 3.05) is 10.6 Å². The van der Waals surface area contributed by atoms with Gasteiger partial charge in [0.15, 0.2) is 0 Å². The van der Waals surface area contributed by atoms with Gasteiger partial charge in [-0.3, -0.25) is 4.79 Å². The predicted octanol–water partition coefficient (Wildman–Crippen LogP) is 4.55. The molecule has 2 rings (SSSR count). The molecule has 1 aromatic heterocycles. The van der Waals surface area contributed by atoms with E-state index in [0.717, 1.165) is 6.42 Å². The van der Waals surface area contributed by atoms with E-state index >= 15 is 0 Å². The summed E-state index contributed by atoms with van der Waals surface area (Å²) in [4.78, 5) is 21.0. The van der Waals surface area contributed by atoms with E-state index in [0.29, 0.717) is 27.4 Å². The highest BCUT2D eigenvalue weighted by molar-refractivity contribution is 6.44. The second-order valence-corrected chi connectivity index (χ2v) is 6.01. The van der Waals surface area contributed by atoms with E-state index in [1.165, 1.54) is 0 Å². The molecule has 23 heavy (non-hydrogen) atoms. The number of nitrogens with zero attached hydrogens (tertiary/aromatic N) is 2. The van der Waals surface area contributed by atoms with Crippen molar-refractivity contribution >= 4 is 40.7 Å². The molecule has 122 valence electrons. The van der Waals surface area contributed by atoms with Crippen LogP contribution in [0.3, 0.4) is 0 Å². The molecule has 0 fully saturated rings. The van der Waals surface area contributed by atoms with Crippen LogP contribution in [0, 0.1) is 6.92 Å². The molecule has 2 aromatic rings. The molecule has 1 aromatic carbocycles. The SMILES string of the molecule is CCC(C)Nc1nc(C)cc(C(=O)Nc2cccc(Cl)c2Cl)n1. The van der Waals surface area contributed by atoms with E-state index in [1.807, 2.05) is 13.8 Å². The number of carbonyl (C=O) groups is 1. The Morgan fingerprint density at radius 2 is 2.04 bits per heavy atom. The van der Waals surface area contributed by atoms with Gasteiger partial charge in [0.2, 0.25) is 5.95 Å². The molecule has 5 nitrogen and oxygen atoms in total. The Balaban J connectivity index is 2.23. The fraction of sp³-hybridized carbons (Fsp3) is 0.312. The summed E-state index contributed by atoms with van der Waals surface area (Å²) in [6.45, 7) is 5.89. The van der Waals surface area contributed by atoms with Crippen molar-refractivity contribution in [1.29, 1.82) is 0 Å². The third-order valence-electron chi connectivity index (χ3n) is 3.27. The standard InChI is InChI=1S/C16H18Cl2N4O/c1-4-9(2)19-16-20-10(3)8-13(22-16)15(23)21-12-7-5-6-11(17)14(12)18/h5-9H,4H2,1-3H3,(H,21,23)(H,19,20,22). The second-order valence-electron chi connectivity index (χ2n) is 5.23. The van der Waals surface area contributed by atoms with Crippen molar-refractivity contribution in [1.82, 2.24) is 9.97 Å². The van der Waals surface area contributed by atoms with Crippen LogP contribution in [0.4, 0.5) is 11.6 Å². The van der Waals surface area contributed by atoms with Gasteiger partial charge in [0, 0.05) is 11.7 Å². The van der Waals surface area contributed by atoms with Crippen LogP contribution in [0.15, 0.2) is 24.3 Å². The number of rotatable bonds is 5. The molecule has 0 spiro atoms. The first kappa shape index (κ1) is 17.5. The Labute approximate surface area is 145 Å². The molecule has 0 aliphatic rings. The van der Waals surface area contributed by atoms with E-state index in [9.17, 15) is 4.79 Å². The number of amides is 1. The van der Waals surface area contributed by atoms with Crippen LogP contribution < -0.4 is 10.6 Å². The zero-order valence-electron chi connectivity index (χ0n) is 13.2. The van der Waals surface area contributed by atoms with Crippen molar-refractivity contribution in [2.24, 2.45) is 0 Å². The van der Waals surface area contributed by atoms with Gasteiger partial charge in [-0.15, -0.1) is 0 Å². The molecule has 0 saturated heterocycles. The third kappa shape index (κ3) is 4.56. The Morgan fingerprint density at radius 1 is 1.30 bits per heavy atom. The summed E-state index contributed by atoms with van der Waals surface area (Å²) in [5.41, 5.74) is 1.41. The Bertz CT molecular complexity index is 721. The zero-order chi connectivity index (χ0) is 17.0. The van der Waals surface area contributed by atoms with Crippen molar-refractivity contribution in [3.8, 4) is 0 Å². The zero-order valence-corrected chi connectivity index (χ0v) is 14.7. The highest BCUT2D eigenvalue weighted by Gasteiger charge is 2.14. The predicted molar refractivity (Wildman–Crippen MR) is 94.6 cm³/mol. The van der Waals surface area contributed by atoms with Crippen LogP contribution in [0.1, 0.15) is 36.5 Å². The lowest BCUT2D eigenvalue weighted by Gasteiger charge is -2.13. The third-order valence-corrected chi connectivity index (χ3v) is 4.09. The smallest absolute Gasteiger partial charge is 0.274 e. The second kappa shape index (κ2) is 7.62. The van der Waals surface area contributed by atoms with E-state index in [2.05, 4.69) is 27.5 Å². The Hall–Kier alpha value is -1.85. The van der Waals surface area contributed by atoms with Crippen LogP contribution in [0.5, 0.6) is 0 Å². The van der Waals surface area contributed by atoms with Crippen LogP contribution >= 0.6 is 23.2 Å². The van der Waals surface area contributed by atoms with Gasteiger partial charge < -0.3 is 10.6 Å². The molecule has 1 unspecified atom stereocenters. The lowest BCUT2D eigenvalue weighted by molar-refractivity contribution is 0.102. The van der Waals surface area contributed by atoms with Gasteiger partial charge in [-0.2, -0.15) is 0 Å². The summed E-state index contributed by atoms with van der Waals surface area (Å²) < 4.78 is 0. The van der Waals surface area contributed by atoms with Crippen molar-refractivity contribution in [3.05, 3.63) is 45.7 Å². The van der Waals surface area contributed by atoms with Crippen LogP contribution in [-0.4, -0.2) is 21.9 Å². The van der Waals surface area contributed by atoms with E-state index in [4.69, 9.17) is 23.2 Å². The average molecular weight is 353 g/mol. The van der Waals surface area contributed by atoms with Crippen LogP contribution in [0.2, 0.25) is 10.0 Å². The van der Waals surface area contributed by atoms with Gasteiger partial charge in [0.1, 0.15) is 5.69 Å². The van der Waals surface area contributed by atoms with E-state index in [1.54, 1.807) is 24.3 Å². The van der Waals surface area contributed by atoms with E-state index < -0.39 is 0 Å². The van der Waals surface area contributed by atoms with Gasteiger partial charge in [0.25, 0.3) is 5.91 Å². The first-order valence-corrected chi connectivity index (χ1v) is 8.04. The first-order chi connectivity index (χ1) is 10.9. The fourth-order valence-corrected chi connectivity index (χ4v) is 2.21. The normalized spacial score (nSPS) is 11.9. The molecule has 1 heterocycles. The summed E-state index contributed by atoms with van der Waals surface area (Å²) in [5.74, 6) is 0.0635. The maximum absolute atomic E-state index is 12.4. The van der Waals surface area contributed by atoms with Gasteiger partial charge in [-0.05, 0) is 38.5 Å². The molecular weight excluding hydrogens is 335 g/mol. The molecule has 1 amide bonds. The minimum absolute atomic E-state index is 0.218. The Morgan fingerprint density at radius 3 is 2.74 bits per heavy atom. The number of hydrogen-bond donors (Lipinski definition) is 2. The molecule has 0 aliphatic heterocycles. The van der Waals surface area contributed by atoms with Gasteiger partial charge in [0.05, 0.1) is 15.7 Å². The van der Waals surface area contributed by atoms with Crippen molar-refractivity contribution < 1.29 is 4.79 Å². The fourth-order valence-electron chi connectivity index (χ4n) is 1.86. The quantitative estimate of drug-likeness (QED) is 0.827. The molecule has 2 N–H and O–H groups in total. The van der Waals surface area contributed by atoms with Crippen LogP contribution in [0.25, 0.3) is 0 Å². The Kier molecular flexibility index (Phi) is 5.80. The highest BCUT2D eigenvalue weighted by Crippen LogP contribution is 2.29. The minimum Gasteiger partial charge on any atom is -0.352 e. The maximum Gasteiger partial charge on any atom is 0.274 e. The highest BCUT2D eigenvalue weighted by atomic mass is 35.5. The molecule has 0 saturated carbocycles. The number of benzene rings is 1. The maximum atomic E-state index is 12.4. The minimum atomic E-state index is -0.369. The lowest BCUT2D eigenvalue weighted by Crippen LogP contribution is -2.19. The molecule has 0 aliphatic carbocycles. The summed E-state index contributed by atoms with van der Waals surface area (Å²) in [5, 5.41) is 6.55. The van der Waals surface area contributed by atoms with Gasteiger partial charge in [-0.25, -0.2) is 9.97 Å². The number of nitrogens with one attached hydrogen (secondary N) is 2. The summed E-state index contributed by atoms with van der Waals surface area (Å²) in [7, 11) is 0. The lowest BCUT2D eigenvalue weighted by atomic mass is 10.2. The van der Waals surface area contributed by atoms with Gasteiger partial charge in [-0.1, -0.05) is 36.2 Å². The number of aryl methyl sites for hydroxylation is 1. The summed E-state index contributed by atoms with van der Waals surface area (Å²) in [6, 6.07) is 6.89. The summed E-state index contributed by atoms with van der Waals surface area (Å²) in [6.07, 6.45) is 0.928. The van der Waals surface area contributed by atoms with Gasteiger partial charge >= 0.3 is 0 Å². The van der Waals surface area contributed by atoms with Crippen LogP contribution in [-0.2, 0) is 0 Å². The number of aromatic nitrogens is 2. The topological polar surface area (TPSA) is 66.9 Å².